The molecule has 0 bridgehead atoms. The monoisotopic (exact) mass is 280 g/mol. The van der Waals surface area contributed by atoms with E-state index in [0.29, 0.717) is 19.7 Å². The van der Waals surface area contributed by atoms with Crippen molar-refractivity contribution in [2.45, 2.75) is 39.0 Å². The summed E-state index contributed by atoms with van der Waals surface area (Å²) in [5.41, 5.74) is 1.88. The fraction of sp³-hybridized carbons (Fsp3) is 0.667. The van der Waals surface area contributed by atoms with E-state index < -0.39 is 0 Å². The second-order valence-electron chi connectivity index (χ2n) is 5.22. The van der Waals surface area contributed by atoms with E-state index in [4.69, 9.17) is 9.47 Å². The van der Waals surface area contributed by atoms with Crippen LogP contribution < -0.4 is 10.9 Å². The molecule has 1 aliphatic rings. The van der Waals surface area contributed by atoms with E-state index in [1.807, 2.05) is 23.6 Å². The van der Waals surface area contributed by atoms with Crippen LogP contribution >= 0.6 is 0 Å². The zero-order valence-corrected chi connectivity index (χ0v) is 12.4. The minimum absolute atomic E-state index is 0.0883. The van der Waals surface area contributed by atoms with Gasteiger partial charge in [-0.3, -0.25) is 4.79 Å². The smallest absolute Gasteiger partial charge is 0.255 e. The highest BCUT2D eigenvalue weighted by Gasteiger charge is 2.18. The maximum absolute atomic E-state index is 12.5. The molecule has 0 aromatic carbocycles. The van der Waals surface area contributed by atoms with Gasteiger partial charge in [0.2, 0.25) is 0 Å². The first-order valence-corrected chi connectivity index (χ1v) is 7.23. The van der Waals surface area contributed by atoms with Crippen molar-refractivity contribution >= 4 is 0 Å². The molecule has 0 radical (unpaired) electrons. The van der Waals surface area contributed by atoms with Gasteiger partial charge < -0.3 is 19.4 Å². The van der Waals surface area contributed by atoms with Crippen molar-refractivity contribution in [1.29, 1.82) is 0 Å². The maximum Gasteiger partial charge on any atom is 0.255 e. The van der Waals surface area contributed by atoms with Crippen LogP contribution in [0.4, 0.5) is 0 Å². The van der Waals surface area contributed by atoms with Gasteiger partial charge in [0.05, 0.1) is 19.3 Å². The number of nitrogens with one attached hydrogen (secondary N) is 1. The summed E-state index contributed by atoms with van der Waals surface area (Å²) in [6.45, 7) is 5.42. The highest BCUT2D eigenvalue weighted by Crippen LogP contribution is 2.14. The van der Waals surface area contributed by atoms with Crippen molar-refractivity contribution in [2.75, 3.05) is 26.9 Å². The lowest BCUT2D eigenvalue weighted by molar-refractivity contribution is 0.0955. The molecular weight excluding hydrogens is 256 g/mol. The van der Waals surface area contributed by atoms with Gasteiger partial charge in [-0.1, -0.05) is 6.07 Å². The van der Waals surface area contributed by atoms with E-state index in [2.05, 4.69) is 5.32 Å². The average Bonchev–Trinajstić information content (AvgIpc) is 2.95. The third-order valence-electron chi connectivity index (χ3n) is 3.68. The zero-order chi connectivity index (χ0) is 14.4. The minimum Gasteiger partial charge on any atom is -0.383 e. The third kappa shape index (κ3) is 3.91. The number of hydrogen-bond donors (Lipinski definition) is 1. The lowest BCUT2D eigenvalue weighted by Gasteiger charge is -2.16. The molecule has 1 aromatic rings. The molecule has 1 N–H and O–H groups in total. The van der Waals surface area contributed by atoms with Gasteiger partial charge in [0.25, 0.3) is 5.56 Å². The van der Waals surface area contributed by atoms with Gasteiger partial charge in [-0.05, 0) is 25.8 Å². The number of aromatic nitrogens is 1. The van der Waals surface area contributed by atoms with Crippen molar-refractivity contribution in [3.63, 3.8) is 0 Å². The number of nitrogens with zero attached hydrogens (tertiary/aromatic N) is 1. The fourth-order valence-corrected chi connectivity index (χ4v) is 2.47. The number of pyridine rings is 1. The molecule has 2 heterocycles. The van der Waals surface area contributed by atoms with Crippen LogP contribution in [-0.4, -0.2) is 37.5 Å². The maximum atomic E-state index is 12.5. The molecule has 1 atom stereocenters. The first-order valence-electron chi connectivity index (χ1n) is 7.23. The van der Waals surface area contributed by atoms with Gasteiger partial charge in [-0.25, -0.2) is 0 Å². The number of rotatable bonds is 7. The quantitative estimate of drug-likeness (QED) is 0.759. The summed E-state index contributed by atoms with van der Waals surface area (Å²) in [5, 5.41) is 3.21. The molecule has 1 saturated heterocycles. The number of ether oxygens (including phenoxy) is 2. The highest BCUT2D eigenvalue weighted by molar-refractivity contribution is 5.15. The Labute approximate surface area is 119 Å². The Bertz CT molecular complexity index is 478. The Balaban J connectivity index is 2.04. The molecule has 112 valence electrons. The SMILES string of the molecule is COCCNCc1ccc(C)n(CC2CCCO2)c1=O. The summed E-state index contributed by atoms with van der Waals surface area (Å²) in [7, 11) is 1.67. The molecule has 20 heavy (non-hydrogen) atoms. The van der Waals surface area contributed by atoms with Gasteiger partial charge in [0.1, 0.15) is 0 Å². The molecule has 1 unspecified atom stereocenters. The Morgan fingerprint density at radius 3 is 3.05 bits per heavy atom. The van der Waals surface area contributed by atoms with Crippen molar-refractivity contribution in [3.8, 4) is 0 Å². The van der Waals surface area contributed by atoms with Crippen LogP contribution in [0, 0.1) is 6.92 Å². The van der Waals surface area contributed by atoms with E-state index in [1.54, 1.807) is 7.11 Å². The summed E-state index contributed by atoms with van der Waals surface area (Å²) in [6, 6.07) is 3.91. The first kappa shape index (κ1) is 15.2. The summed E-state index contributed by atoms with van der Waals surface area (Å²) in [5.74, 6) is 0. The van der Waals surface area contributed by atoms with Crippen molar-refractivity contribution in [3.05, 3.63) is 33.7 Å². The van der Waals surface area contributed by atoms with E-state index in [1.165, 1.54) is 0 Å². The summed E-state index contributed by atoms with van der Waals surface area (Å²) in [4.78, 5) is 12.5. The van der Waals surface area contributed by atoms with Crippen LogP contribution in [0.15, 0.2) is 16.9 Å². The molecule has 2 rings (SSSR count). The van der Waals surface area contributed by atoms with Gasteiger partial charge >= 0.3 is 0 Å². The Morgan fingerprint density at radius 1 is 1.50 bits per heavy atom. The predicted molar refractivity (Wildman–Crippen MR) is 78.0 cm³/mol. The summed E-state index contributed by atoms with van der Waals surface area (Å²) in [6.07, 6.45) is 2.32. The highest BCUT2D eigenvalue weighted by atomic mass is 16.5. The number of aryl methyl sites for hydroxylation is 1. The van der Waals surface area contributed by atoms with Crippen molar-refractivity contribution < 1.29 is 9.47 Å². The Morgan fingerprint density at radius 2 is 2.35 bits per heavy atom. The minimum atomic E-state index is 0.0883. The largest absolute Gasteiger partial charge is 0.383 e. The van der Waals surface area contributed by atoms with Crippen molar-refractivity contribution in [2.24, 2.45) is 0 Å². The molecule has 5 nitrogen and oxygen atoms in total. The normalized spacial score (nSPS) is 18.6. The molecule has 0 saturated carbocycles. The van der Waals surface area contributed by atoms with Crippen LogP contribution in [0.2, 0.25) is 0 Å². The molecule has 1 aromatic heterocycles. The summed E-state index contributed by atoms with van der Waals surface area (Å²) < 4.78 is 12.4. The molecule has 1 fully saturated rings. The Hall–Kier alpha value is -1.17. The second-order valence-corrected chi connectivity index (χ2v) is 5.22. The average molecular weight is 280 g/mol. The summed E-state index contributed by atoms with van der Waals surface area (Å²) >= 11 is 0. The van der Waals surface area contributed by atoms with Crippen molar-refractivity contribution in [1.82, 2.24) is 9.88 Å². The topological polar surface area (TPSA) is 52.5 Å². The first-order chi connectivity index (χ1) is 9.72. The zero-order valence-electron chi connectivity index (χ0n) is 12.4. The molecular formula is C15H24N2O3. The number of hydrogen-bond acceptors (Lipinski definition) is 4. The van der Waals surface area contributed by atoms with Gasteiger partial charge in [-0.2, -0.15) is 0 Å². The van der Waals surface area contributed by atoms with E-state index in [-0.39, 0.29) is 11.7 Å². The predicted octanol–water partition coefficient (Wildman–Crippen LogP) is 1.07. The lowest BCUT2D eigenvalue weighted by Crippen LogP contribution is -2.32. The molecule has 1 aliphatic heterocycles. The fourth-order valence-electron chi connectivity index (χ4n) is 2.47. The van der Waals surface area contributed by atoms with Crippen LogP contribution in [0.1, 0.15) is 24.1 Å². The van der Waals surface area contributed by atoms with Crippen LogP contribution in [0.3, 0.4) is 0 Å². The molecule has 0 amide bonds. The van der Waals surface area contributed by atoms with Gasteiger partial charge in [-0.15, -0.1) is 0 Å². The van der Waals surface area contributed by atoms with E-state index >= 15 is 0 Å². The van der Waals surface area contributed by atoms with E-state index in [9.17, 15) is 4.79 Å². The standard InChI is InChI=1S/C15H24N2O3/c1-12-5-6-13(10-16-7-9-19-2)15(18)17(12)11-14-4-3-8-20-14/h5-6,14,16H,3-4,7-11H2,1-2H3. The molecule has 0 spiro atoms. The third-order valence-corrected chi connectivity index (χ3v) is 3.68. The second kappa shape index (κ2) is 7.57. The van der Waals surface area contributed by atoms with Gasteiger partial charge in [0, 0.05) is 38.1 Å². The lowest BCUT2D eigenvalue weighted by atomic mass is 10.2. The number of methoxy groups -OCH3 is 1. The van der Waals surface area contributed by atoms with E-state index in [0.717, 1.165) is 37.3 Å². The Kier molecular flexibility index (Phi) is 5.76. The van der Waals surface area contributed by atoms with Crippen LogP contribution in [0.25, 0.3) is 0 Å². The van der Waals surface area contributed by atoms with Crippen LogP contribution in [-0.2, 0) is 22.6 Å². The molecule has 5 heteroatoms. The van der Waals surface area contributed by atoms with Crippen LogP contribution in [0.5, 0.6) is 0 Å². The molecule has 0 aliphatic carbocycles. The van der Waals surface area contributed by atoms with Gasteiger partial charge in [0.15, 0.2) is 0 Å².